The molecule has 1 atom stereocenters. The maximum absolute atomic E-state index is 12.7. The average Bonchev–Trinajstić information content (AvgIpc) is 3.22. The summed E-state index contributed by atoms with van der Waals surface area (Å²) >= 11 is 0. The summed E-state index contributed by atoms with van der Waals surface area (Å²) in [6.07, 6.45) is 3.46. The Hall–Kier alpha value is -2.22. The van der Waals surface area contributed by atoms with Crippen LogP contribution in [-0.4, -0.2) is 56.8 Å². The molecule has 31 heavy (non-hydrogen) atoms. The number of sulfonamides is 1. The molecular weight excluding hydrogens is 410 g/mol. The normalized spacial score (nSPS) is 18.5. The summed E-state index contributed by atoms with van der Waals surface area (Å²) in [5, 5.41) is 3.06. The third-order valence-electron chi connectivity index (χ3n) is 6.39. The van der Waals surface area contributed by atoms with Crippen molar-refractivity contribution in [2.24, 2.45) is 0 Å². The monoisotopic (exact) mass is 441 g/mol. The van der Waals surface area contributed by atoms with Gasteiger partial charge in [0.1, 0.15) is 0 Å². The van der Waals surface area contributed by atoms with Crippen molar-refractivity contribution in [1.29, 1.82) is 0 Å². The largest absolute Gasteiger partial charge is 0.346 e. The molecule has 1 aliphatic carbocycles. The molecule has 2 aromatic rings. The zero-order valence-electron chi connectivity index (χ0n) is 18.3. The smallest absolute Gasteiger partial charge is 0.251 e. The molecule has 0 spiro atoms. The van der Waals surface area contributed by atoms with Crippen molar-refractivity contribution in [1.82, 2.24) is 14.5 Å². The second kappa shape index (κ2) is 9.10. The Morgan fingerprint density at radius 3 is 2.39 bits per heavy atom. The number of amides is 1. The van der Waals surface area contributed by atoms with Crippen LogP contribution in [0, 0.1) is 0 Å². The molecule has 2 aromatic carbocycles. The van der Waals surface area contributed by atoms with Gasteiger partial charge in [-0.15, -0.1) is 0 Å². The van der Waals surface area contributed by atoms with Crippen molar-refractivity contribution in [3.05, 3.63) is 70.3 Å². The number of hydrogen-bond acceptors (Lipinski definition) is 4. The van der Waals surface area contributed by atoms with Crippen LogP contribution >= 0.6 is 0 Å². The molecule has 2 aliphatic rings. The highest BCUT2D eigenvalue weighted by atomic mass is 32.2. The summed E-state index contributed by atoms with van der Waals surface area (Å²) in [6.45, 7) is 4.55. The number of benzene rings is 2. The lowest BCUT2D eigenvalue weighted by atomic mass is 10.0. The Morgan fingerprint density at radius 1 is 1.00 bits per heavy atom. The Kier molecular flexibility index (Phi) is 6.46. The summed E-state index contributed by atoms with van der Waals surface area (Å²) in [7, 11) is -1.35. The molecule has 1 amide bonds. The van der Waals surface area contributed by atoms with E-state index in [-0.39, 0.29) is 17.7 Å². The van der Waals surface area contributed by atoms with Gasteiger partial charge in [-0.3, -0.25) is 4.79 Å². The van der Waals surface area contributed by atoms with Crippen LogP contribution in [0.1, 0.15) is 52.0 Å². The van der Waals surface area contributed by atoms with E-state index in [0.717, 1.165) is 31.5 Å². The highest BCUT2D eigenvalue weighted by Crippen LogP contribution is 2.25. The maximum atomic E-state index is 12.7. The molecular formula is C24H31N3O3S. The number of rotatable bonds is 6. The molecule has 6 nitrogen and oxygen atoms in total. The van der Waals surface area contributed by atoms with Crippen LogP contribution in [0.3, 0.4) is 0 Å². The van der Waals surface area contributed by atoms with Gasteiger partial charge >= 0.3 is 0 Å². The van der Waals surface area contributed by atoms with E-state index in [9.17, 15) is 13.2 Å². The minimum Gasteiger partial charge on any atom is -0.346 e. The lowest BCUT2D eigenvalue weighted by Gasteiger charge is -2.31. The highest BCUT2D eigenvalue weighted by Gasteiger charge is 2.26. The van der Waals surface area contributed by atoms with Crippen LogP contribution in [0.15, 0.2) is 42.5 Å². The van der Waals surface area contributed by atoms with E-state index in [1.54, 1.807) is 28.6 Å². The summed E-state index contributed by atoms with van der Waals surface area (Å²) in [6, 6.07) is 13.3. The number of hydrogen-bond donors (Lipinski definition) is 1. The van der Waals surface area contributed by atoms with Gasteiger partial charge in [0.2, 0.25) is 10.0 Å². The fraction of sp³-hybridized carbons (Fsp3) is 0.458. The molecule has 4 rings (SSSR count). The molecule has 1 heterocycles. The van der Waals surface area contributed by atoms with E-state index in [2.05, 4.69) is 28.4 Å². The van der Waals surface area contributed by atoms with Crippen molar-refractivity contribution in [3.63, 3.8) is 0 Å². The Balaban J connectivity index is 1.36. The number of nitrogens with zero attached hydrogens (tertiary/aromatic N) is 2. The molecule has 0 radical (unpaired) electrons. The zero-order valence-corrected chi connectivity index (χ0v) is 19.1. The van der Waals surface area contributed by atoms with Crippen molar-refractivity contribution >= 4 is 15.9 Å². The quantitative estimate of drug-likeness (QED) is 0.748. The van der Waals surface area contributed by atoms with Gasteiger partial charge in [0.05, 0.1) is 11.8 Å². The van der Waals surface area contributed by atoms with Gasteiger partial charge in [-0.05, 0) is 67.6 Å². The van der Waals surface area contributed by atoms with Crippen LogP contribution < -0.4 is 5.32 Å². The van der Waals surface area contributed by atoms with E-state index < -0.39 is 10.0 Å². The molecule has 0 bridgehead atoms. The van der Waals surface area contributed by atoms with Crippen molar-refractivity contribution in [3.8, 4) is 0 Å². The fourth-order valence-corrected chi connectivity index (χ4v) is 5.86. The third-order valence-corrected chi connectivity index (χ3v) is 8.24. The number of nitrogens with one attached hydrogen (secondary N) is 1. The topological polar surface area (TPSA) is 69.7 Å². The first-order valence-electron chi connectivity index (χ1n) is 11.0. The number of aryl methyl sites for hydroxylation is 2. The van der Waals surface area contributed by atoms with Gasteiger partial charge < -0.3 is 10.2 Å². The summed E-state index contributed by atoms with van der Waals surface area (Å²) in [4.78, 5) is 14.8. The zero-order chi connectivity index (χ0) is 22.0. The van der Waals surface area contributed by atoms with Gasteiger partial charge in [-0.1, -0.05) is 30.3 Å². The number of piperazine rings is 1. The fourth-order valence-electron chi connectivity index (χ4n) is 4.34. The highest BCUT2D eigenvalue weighted by molar-refractivity contribution is 7.88. The minimum atomic E-state index is -3.35. The predicted molar refractivity (Wildman–Crippen MR) is 122 cm³/mol. The molecule has 1 aliphatic heterocycles. The first-order valence-corrected chi connectivity index (χ1v) is 12.6. The Morgan fingerprint density at radius 2 is 1.68 bits per heavy atom. The van der Waals surface area contributed by atoms with Crippen LogP contribution in [0.4, 0.5) is 0 Å². The molecule has 7 heteroatoms. The Bertz CT molecular complexity index is 1040. The van der Waals surface area contributed by atoms with Gasteiger partial charge in [-0.2, -0.15) is 4.31 Å². The van der Waals surface area contributed by atoms with Gasteiger partial charge in [0.25, 0.3) is 5.91 Å². The van der Waals surface area contributed by atoms with Gasteiger partial charge in [0.15, 0.2) is 0 Å². The van der Waals surface area contributed by atoms with E-state index in [4.69, 9.17) is 0 Å². The van der Waals surface area contributed by atoms with E-state index >= 15 is 0 Å². The molecule has 0 aromatic heterocycles. The van der Waals surface area contributed by atoms with Gasteiger partial charge in [0, 0.05) is 31.7 Å². The Labute approximate surface area is 185 Å². The van der Waals surface area contributed by atoms with Crippen LogP contribution in [0.2, 0.25) is 0 Å². The number of carbonyl (C=O) groups is 1. The maximum Gasteiger partial charge on any atom is 0.251 e. The van der Waals surface area contributed by atoms with Crippen molar-refractivity contribution < 1.29 is 13.2 Å². The van der Waals surface area contributed by atoms with Crippen molar-refractivity contribution in [2.75, 3.05) is 33.2 Å². The molecule has 1 N–H and O–H groups in total. The first-order chi connectivity index (χ1) is 14.8. The van der Waals surface area contributed by atoms with Crippen LogP contribution in [0.25, 0.3) is 0 Å². The molecule has 166 valence electrons. The third kappa shape index (κ3) is 5.17. The molecule has 1 saturated heterocycles. The summed E-state index contributed by atoms with van der Waals surface area (Å²) < 4.78 is 26.9. The minimum absolute atomic E-state index is 0.0376. The second-order valence-electron chi connectivity index (χ2n) is 8.73. The van der Waals surface area contributed by atoms with E-state index in [1.165, 1.54) is 17.5 Å². The average molecular weight is 442 g/mol. The van der Waals surface area contributed by atoms with E-state index in [0.29, 0.717) is 24.2 Å². The summed E-state index contributed by atoms with van der Waals surface area (Å²) in [5.74, 6) is -0.189. The predicted octanol–water partition coefficient (Wildman–Crippen LogP) is 2.74. The standard InChI is InChI=1S/C24H31N3O3S/c1-18(22-11-10-20-4-3-5-23(20)16-22)25-24(28)21-8-6-19(7-9-21)17-31(29,30)27-14-12-26(2)13-15-27/h6-11,16,18H,3-5,12-15,17H2,1-2H3,(H,25,28)/t18-/m0/s1. The van der Waals surface area contributed by atoms with Crippen LogP contribution in [-0.2, 0) is 28.6 Å². The molecule has 0 unspecified atom stereocenters. The number of carbonyl (C=O) groups excluding carboxylic acids is 1. The summed E-state index contributed by atoms with van der Waals surface area (Å²) in [5.41, 5.74) is 5.16. The molecule has 1 fully saturated rings. The van der Waals surface area contributed by atoms with Crippen molar-refractivity contribution in [2.45, 2.75) is 38.0 Å². The lowest BCUT2D eigenvalue weighted by molar-refractivity contribution is 0.0940. The second-order valence-corrected chi connectivity index (χ2v) is 10.7. The lowest BCUT2D eigenvalue weighted by Crippen LogP contribution is -2.47. The van der Waals surface area contributed by atoms with E-state index in [1.807, 2.05) is 14.0 Å². The van der Waals surface area contributed by atoms with Crippen LogP contribution in [0.5, 0.6) is 0 Å². The first kappa shape index (κ1) is 22.0. The van der Waals surface area contributed by atoms with Gasteiger partial charge in [-0.25, -0.2) is 8.42 Å². The SMILES string of the molecule is C[C@H](NC(=O)c1ccc(CS(=O)(=O)N2CCN(C)CC2)cc1)c1ccc2c(c1)CCC2. The number of fused-ring (bicyclic) bond motifs is 1. The number of likely N-dealkylation sites (N-methyl/N-ethyl adjacent to an activating group) is 1. The molecule has 0 saturated carbocycles.